The molecule has 9 heteroatoms. The first-order valence-corrected chi connectivity index (χ1v) is 8.78. The number of rotatable bonds is 9. The first kappa shape index (κ1) is 24.5. The summed E-state index contributed by atoms with van der Waals surface area (Å²) in [5.74, 6) is 1.08. The van der Waals surface area contributed by atoms with Gasteiger partial charge in [0.2, 0.25) is 0 Å². The summed E-state index contributed by atoms with van der Waals surface area (Å²) >= 11 is 0. The van der Waals surface area contributed by atoms with E-state index < -0.39 is 5.91 Å². The molecule has 7 nitrogen and oxygen atoms in total. The lowest BCUT2D eigenvalue weighted by Gasteiger charge is -2.22. The van der Waals surface area contributed by atoms with Crippen molar-refractivity contribution in [3.8, 4) is 11.5 Å². The van der Waals surface area contributed by atoms with Crippen LogP contribution >= 0.6 is 24.0 Å². The average molecular weight is 516 g/mol. The summed E-state index contributed by atoms with van der Waals surface area (Å²) < 4.78 is 23.8. The number of guanidine groups is 1. The number of likely N-dealkylation sites (N-methyl/N-ethyl adjacent to an activating group) is 1. The van der Waals surface area contributed by atoms with Crippen molar-refractivity contribution in [3.63, 3.8) is 0 Å². The maximum atomic E-state index is 12.9. The number of ether oxygens (including phenoxy) is 2. The normalized spacial score (nSPS) is 10.7. The number of aliphatic imine (C=N–C) groups is 1. The fourth-order valence-corrected chi connectivity index (χ4v) is 2.40. The standard InChI is InChI=1S/C20H25FN4O3.HI/c1-23-20(25(2)10-11-27-17-8-6-16(21)7-9-17)24-13-15-4-3-5-18(12-15)28-14-19(22)26;/h3-9,12H,10-11,13-14H2,1-2H3,(H2,22,26)(H,23,24);1H. The number of halogens is 2. The zero-order valence-corrected chi connectivity index (χ0v) is 18.8. The maximum Gasteiger partial charge on any atom is 0.255 e. The number of nitrogens with zero attached hydrogens (tertiary/aromatic N) is 2. The molecule has 0 saturated heterocycles. The molecular formula is C20H26FIN4O3. The molecule has 158 valence electrons. The number of carbonyl (C=O) groups is 1. The van der Waals surface area contributed by atoms with Crippen LogP contribution in [0.15, 0.2) is 53.5 Å². The summed E-state index contributed by atoms with van der Waals surface area (Å²) in [7, 11) is 3.60. The third-order valence-electron chi connectivity index (χ3n) is 3.81. The monoisotopic (exact) mass is 516 g/mol. The van der Waals surface area contributed by atoms with Gasteiger partial charge in [0.15, 0.2) is 12.6 Å². The van der Waals surface area contributed by atoms with E-state index in [-0.39, 0.29) is 36.4 Å². The van der Waals surface area contributed by atoms with Gasteiger partial charge in [-0.15, -0.1) is 24.0 Å². The SMILES string of the molecule is CN=C(NCc1cccc(OCC(N)=O)c1)N(C)CCOc1ccc(F)cc1.I. The van der Waals surface area contributed by atoms with Gasteiger partial charge in [0, 0.05) is 20.6 Å². The van der Waals surface area contributed by atoms with Crippen LogP contribution < -0.4 is 20.5 Å². The van der Waals surface area contributed by atoms with Gasteiger partial charge in [-0.25, -0.2) is 4.39 Å². The van der Waals surface area contributed by atoms with Gasteiger partial charge in [-0.2, -0.15) is 0 Å². The van der Waals surface area contributed by atoms with Crippen molar-refractivity contribution in [2.45, 2.75) is 6.54 Å². The number of hydrogen-bond donors (Lipinski definition) is 2. The molecule has 0 aromatic heterocycles. The zero-order valence-electron chi connectivity index (χ0n) is 16.4. The molecule has 2 rings (SSSR count). The molecule has 2 aromatic carbocycles. The Labute approximate surface area is 187 Å². The van der Waals surface area contributed by atoms with Crippen molar-refractivity contribution in [3.05, 3.63) is 59.9 Å². The Hall–Kier alpha value is -2.56. The van der Waals surface area contributed by atoms with E-state index in [4.69, 9.17) is 15.2 Å². The number of primary amides is 1. The maximum absolute atomic E-state index is 12.9. The molecule has 0 saturated carbocycles. The predicted octanol–water partition coefficient (Wildman–Crippen LogP) is 2.39. The van der Waals surface area contributed by atoms with E-state index >= 15 is 0 Å². The van der Waals surface area contributed by atoms with E-state index in [1.54, 1.807) is 25.2 Å². The highest BCUT2D eigenvalue weighted by Crippen LogP contribution is 2.13. The van der Waals surface area contributed by atoms with E-state index in [2.05, 4.69) is 10.3 Å². The first-order valence-electron chi connectivity index (χ1n) is 8.78. The van der Waals surface area contributed by atoms with E-state index in [0.29, 0.717) is 37.2 Å². The van der Waals surface area contributed by atoms with E-state index in [0.717, 1.165) is 5.56 Å². The molecule has 0 radical (unpaired) electrons. The second-order valence-electron chi connectivity index (χ2n) is 6.03. The van der Waals surface area contributed by atoms with Gasteiger partial charge in [0.25, 0.3) is 5.91 Å². The highest BCUT2D eigenvalue weighted by molar-refractivity contribution is 14.0. The van der Waals surface area contributed by atoms with Crippen LogP contribution in [0.2, 0.25) is 0 Å². The Balaban J connectivity index is 0.00000420. The summed E-state index contributed by atoms with van der Waals surface area (Å²) in [4.78, 5) is 17.0. The van der Waals surface area contributed by atoms with E-state index in [1.807, 2.05) is 30.1 Å². The van der Waals surface area contributed by atoms with Crippen LogP contribution in [0.25, 0.3) is 0 Å². The minimum absolute atomic E-state index is 0. The van der Waals surface area contributed by atoms with Crippen LogP contribution in [0.5, 0.6) is 11.5 Å². The van der Waals surface area contributed by atoms with E-state index in [1.165, 1.54) is 12.1 Å². The molecule has 0 bridgehead atoms. The number of nitrogens with two attached hydrogens (primary N) is 1. The number of nitrogens with one attached hydrogen (secondary N) is 1. The third-order valence-corrected chi connectivity index (χ3v) is 3.81. The summed E-state index contributed by atoms with van der Waals surface area (Å²) in [6.07, 6.45) is 0. The molecule has 0 fully saturated rings. The fraction of sp³-hybridized carbons (Fsp3) is 0.300. The average Bonchev–Trinajstić information content (AvgIpc) is 2.69. The van der Waals surface area contributed by atoms with Gasteiger partial charge < -0.3 is 25.4 Å². The van der Waals surface area contributed by atoms with Crippen LogP contribution in [-0.2, 0) is 11.3 Å². The Morgan fingerprint density at radius 2 is 1.90 bits per heavy atom. The van der Waals surface area contributed by atoms with Crippen molar-refractivity contribution < 1.29 is 18.7 Å². The number of hydrogen-bond acceptors (Lipinski definition) is 4. The molecule has 0 aliphatic rings. The minimum Gasteiger partial charge on any atom is -0.492 e. The lowest BCUT2D eigenvalue weighted by atomic mass is 10.2. The smallest absolute Gasteiger partial charge is 0.255 e. The lowest BCUT2D eigenvalue weighted by molar-refractivity contribution is -0.119. The summed E-state index contributed by atoms with van der Waals surface area (Å²) in [6.45, 7) is 1.40. The highest BCUT2D eigenvalue weighted by atomic mass is 127. The van der Waals surface area contributed by atoms with Gasteiger partial charge in [0.1, 0.15) is 23.9 Å². The van der Waals surface area contributed by atoms with Crippen LogP contribution in [0, 0.1) is 5.82 Å². The number of benzene rings is 2. The molecule has 0 heterocycles. The Bertz CT molecular complexity index is 803. The van der Waals surface area contributed by atoms with Crippen molar-refractivity contribution in [1.82, 2.24) is 10.2 Å². The van der Waals surface area contributed by atoms with Crippen LogP contribution in [0.1, 0.15) is 5.56 Å². The molecule has 0 unspecified atom stereocenters. The molecule has 1 amide bonds. The number of carbonyl (C=O) groups excluding carboxylic acids is 1. The van der Waals surface area contributed by atoms with Crippen molar-refractivity contribution in [2.75, 3.05) is 33.9 Å². The summed E-state index contributed by atoms with van der Waals surface area (Å²) in [6, 6.07) is 13.3. The van der Waals surface area contributed by atoms with Crippen molar-refractivity contribution >= 4 is 35.8 Å². The second-order valence-corrected chi connectivity index (χ2v) is 6.03. The van der Waals surface area contributed by atoms with E-state index in [9.17, 15) is 9.18 Å². The number of amides is 1. The summed E-state index contributed by atoms with van der Waals surface area (Å²) in [5.41, 5.74) is 6.06. The topological polar surface area (TPSA) is 89.2 Å². The summed E-state index contributed by atoms with van der Waals surface area (Å²) in [5, 5.41) is 3.26. The van der Waals surface area contributed by atoms with Gasteiger partial charge in [-0.05, 0) is 42.0 Å². The lowest BCUT2D eigenvalue weighted by Crippen LogP contribution is -2.40. The molecular weight excluding hydrogens is 490 g/mol. The van der Waals surface area contributed by atoms with Crippen LogP contribution in [-0.4, -0.2) is 50.6 Å². The first-order chi connectivity index (χ1) is 13.5. The Morgan fingerprint density at radius 3 is 2.55 bits per heavy atom. The molecule has 0 spiro atoms. The minimum atomic E-state index is -0.520. The van der Waals surface area contributed by atoms with Crippen molar-refractivity contribution in [1.29, 1.82) is 0 Å². The highest BCUT2D eigenvalue weighted by Gasteiger charge is 2.07. The molecule has 0 aliphatic carbocycles. The van der Waals surface area contributed by atoms with Gasteiger partial charge in [-0.3, -0.25) is 9.79 Å². The van der Waals surface area contributed by atoms with Crippen LogP contribution in [0.4, 0.5) is 4.39 Å². The third kappa shape index (κ3) is 8.99. The van der Waals surface area contributed by atoms with Crippen LogP contribution in [0.3, 0.4) is 0 Å². The molecule has 2 aromatic rings. The van der Waals surface area contributed by atoms with Gasteiger partial charge in [-0.1, -0.05) is 12.1 Å². The molecule has 0 aliphatic heterocycles. The van der Waals surface area contributed by atoms with Gasteiger partial charge >= 0.3 is 0 Å². The molecule has 3 N–H and O–H groups in total. The second kappa shape index (κ2) is 12.8. The molecule has 0 atom stereocenters. The molecule has 29 heavy (non-hydrogen) atoms. The largest absolute Gasteiger partial charge is 0.492 e. The Kier molecular flexibility index (Phi) is 10.8. The quantitative estimate of drug-likeness (QED) is 0.304. The van der Waals surface area contributed by atoms with Gasteiger partial charge in [0.05, 0.1) is 6.54 Å². The predicted molar refractivity (Wildman–Crippen MR) is 121 cm³/mol. The fourth-order valence-electron chi connectivity index (χ4n) is 2.40. The Morgan fingerprint density at radius 1 is 1.17 bits per heavy atom. The zero-order chi connectivity index (χ0) is 20.4. The van der Waals surface area contributed by atoms with Crippen molar-refractivity contribution in [2.24, 2.45) is 10.7 Å².